The number of benzene rings is 3. The third kappa shape index (κ3) is 5.58. The lowest BCUT2D eigenvalue weighted by Gasteiger charge is -2.28. The minimum absolute atomic E-state index is 0.0853. The summed E-state index contributed by atoms with van der Waals surface area (Å²) in [6.07, 6.45) is 4.25. The fourth-order valence-corrected chi connectivity index (χ4v) is 8.54. The van der Waals surface area contributed by atoms with Gasteiger partial charge in [-0.1, -0.05) is 54.6 Å². The number of rotatable bonds is 12. The Morgan fingerprint density at radius 3 is 1.37 bits per heavy atom. The molecule has 3 heteroatoms. The second kappa shape index (κ2) is 12.0. The van der Waals surface area contributed by atoms with Crippen molar-refractivity contribution in [2.75, 3.05) is 19.4 Å². The maximum atomic E-state index is 5.76. The van der Waals surface area contributed by atoms with Crippen molar-refractivity contribution < 1.29 is 9.47 Å². The van der Waals surface area contributed by atoms with E-state index >= 15 is 0 Å². The first-order valence-electron chi connectivity index (χ1n) is 11.1. The van der Waals surface area contributed by atoms with Crippen LogP contribution < -0.4 is 15.9 Å². The van der Waals surface area contributed by atoms with Crippen molar-refractivity contribution in [3.8, 4) is 0 Å². The molecule has 0 aliphatic heterocycles. The Kier molecular flexibility index (Phi) is 9.08. The Labute approximate surface area is 182 Å². The molecule has 0 aliphatic carbocycles. The Balaban J connectivity index is 1.91. The summed E-state index contributed by atoms with van der Waals surface area (Å²) in [5, 5.41) is 4.36. The Bertz CT molecular complexity index is 734. The molecule has 0 unspecified atom stereocenters. The first-order chi connectivity index (χ1) is 14.8. The largest absolute Gasteiger partial charge is 0.353 e. The molecule has 30 heavy (non-hydrogen) atoms. The molecule has 2 nitrogen and oxygen atoms in total. The second-order valence-corrected chi connectivity index (χ2v) is 11.0. The lowest BCUT2D eigenvalue weighted by molar-refractivity contribution is -0.140. The van der Waals surface area contributed by atoms with E-state index in [9.17, 15) is 0 Å². The number of hydrogen-bond donors (Lipinski definition) is 0. The standard InChI is InChI=1S/C27H34O2P/c1-3-28-27(29-4-2)22-14-15-23-30(24-16-8-5-9-17-24,25-18-10-6-11-19-25)26-20-12-7-13-21-26/h5-13,16-21,27H,3-4,14-15,22-23H2,1-2H3/q+1. The highest BCUT2D eigenvalue weighted by molar-refractivity contribution is 7.95. The fourth-order valence-electron chi connectivity index (χ4n) is 4.13. The summed E-state index contributed by atoms with van der Waals surface area (Å²) >= 11 is 0. The Hall–Kier alpha value is -1.99. The first kappa shape index (κ1) is 22.7. The molecule has 0 saturated heterocycles. The van der Waals surface area contributed by atoms with Crippen LogP contribution in [0.1, 0.15) is 33.1 Å². The minimum Gasteiger partial charge on any atom is -0.353 e. The Morgan fingerprint density at radius 1 is 0.600 bits per heavy atom. The van der Waals surface area contributed by atoms with Crippen molar-refractivity contribution in [3.05, 3.63) is 91.0 Å². The summed E-state index contributed by atoms with van der Waals surface area (Å²) < 4.78 is 11.5. The van der Waals surface area contributed by atoms with Gasteiger partial charge < -0.3 is 9.47 Å². The summed E-state index contributed by atoms with van der Waals surface area (Å²) in [6.45, 7) is 5.45. The molecule has 3 aromatic rings. The minimum atomic E-state index is -1.73. The quantitative estimate of drug-likeness (QED) is 0.217. The molecule has 0 bridgehead atoms. The molecule has 0 N–H and O–H groups in total. The zero-order valence-corrected chi connectivity index (χ0v) is 19.1. The molecule has 0 amide bonds. The third-order valence-electron chi connectivity index (χ3n) is 5.48. The van der Waals surface area contributed by atoms with Crippen LogP contribution in [0.4, 0.5) is 0 Å². The van der Waals surface area contributed by atoms with Gasteiger partial charge in [-0.3, -0.25) is 0 Å². The maximum Gasteiger partial charge on any atom is 0.157 e. The van der Waals surface area contributed by atoms with Crippen LogP contribution >= 0.6 is 7.26 Å². The fraction of sp³-hybridized carbons (Fsp3) is 0.333. The van der Waals surface area contributed by atoms with E-state index < -0.39 is 7.26 Å². The molecule has 0 saturated carbocycles. The second-order valence-electron chi connectivity index (χ2n) is 7.38. The van der Waals surface area contributed by atoms with Crippen LogP contribution in [0.2, 0.25) is 0 Å². The van der Waals surface area contributed by atoms with Gasteiger partial charge >= 0.3 is 0 Å². The van der Waals surface area contributed by atoms with Crippen LogP contribution in [0.15, 0.2) is 91.0 Å². The lowest BCUT2D eigenvalue weighted by Crippen LogP contribution is -2.33. The first-order valence-corrected chi connectivity index (χ1v) is 13.1. The number of unbranched alkanes of at least 4 members (excludes halogenated alkanes) is 1. The molecule has 0 aliphatic rings. The SMILES string of the molecule is CCOC(CCCC[P+](c1ccccc1)(c1ccccc1)c1ccccc1)OCC. The molecule has 0 atom stereocenters. The topological polar surface area (TPSA) is 18.5 Å². The molecule has 0 aromatic heterocycles. The van der Waals surface area contributed by atoms with Crippen molar-refractivity contribution >= 4 is 23.2 Å². The van der Waals surface area contributed by atoms with E-state index in [0.717, 1.165) is 25.4 Å². The highest BCUT2D eigenvalue weighted by atomic mass is 31.2. The highest BCUT2D eigenvalue weighted by Gasteiger charge is 2.44. The van der Waals surface area contributed by atoms with E-state index in [4.69, 9.17) is 9.47 Å². The monoisotopic (exact) mass is 421 g/mol. The smallest absolute Gasteiger partial charge is 0.157 e. The molecule has 158 valence electrons. The molecule has 0 heterocycles. The van der Waals surface area contributed by atoms with E-state index in [0.29, 0.717) is 13.2 Å². The van der Waals surface area contributed by atoms with Gasteiger partial charge in [0.1, 0.15) is 23.2 Å². The molecule has 0 radical (unpaired) electrons. The molecular formula is C27H34O2P+. The summed E-state index contributed by atoms with van der Waals surface area (Å²) in [5.74, 6) is 0. The zero-order chi connectivity index (χ0) is 21.1. The van der Waals surface area contributed by atoms with Crippen molar-refractivity contribution in [1.29, 1.82) is 0 Å². The van der Waals surface area contributed by atoms with Crippen LogP contribution in [-0.4, -0.2) is 25.7 Å². The summed E-state index contributed by atoms with van der Waals surface area (Å²) in [6, 6.07) is 33.3. The van der Waals surface area contributed by atoms with Crippen molar-refractivity contribution in [3.63, 3.8) is 0 Å². The van der Waals surface area contributed by atoms with Gasteiger partial charge in [-0.2, -0.15) is 0 Å². The van der Waals surface area contributed by atoms with Crippen molar-refractivity contribution in [1.82, 2.24) is 0 Å². The molecule has 0 fully saturated rings. The van der Waals surface area contributed by atoms with Gasteiger partial charge in [0.05, 0.1) is 6.16 Å². The summed E-state index contributed by atoms with van der Waals surface area (Å²) in [4.78, 5) is 0. The van der Waals surface area contributed by atoms with Crippen LogP contribution in [0, 0.1) is 0 Å². The van der Waals surface area contributed by atoms with Crippen LogP contribution in [0.25, 0.3) is 0 Å². The van der Waals surface area contributed by atoms with Crippen LogP contribution in [-0.2, 0) is 9.47 Å². The number of ether oxygens (including phenoxy) is 2. The van der Waals surface area contributed by atoms with Gasteiger partial charge in [0.2, 0.25) is 0 Å². The third-order valence-corrected chi connectivity index (χ3v) is 10.0. The van der Waals surface area contributed by atoms with Gasteiger partial charge in [0.25, 0.3) is 0 Å². The lowest BCUT2D eigenvalue weighted by atomic mass is 10.2. The van der Waals surface area contributed by atoms with E-state index in [-0.39, 0.29) is 6.29 Å². The van der Waals surface area contributed by atoms with Gasteiger partial charge in [0, 0.05) is 13.2 Å². The molecular weight excluding hydrogens is 387 g/mol. The van der Waals surface area contributed by atoms with E-state index in [1.165, 1.54) is 15.9 Å². The normalized spacial score (nSPS) is 11.7. The van der Waals surface area contributed by atoms with Gasteiger partial charge in [-0.15, -0.1) is 0 Å². The van der Waals surface area contributed by atoms with Crippen LogP contribution in [0.5, 0.6) is 0 Å². The van der Waals surface area contributed by atoms with Crippen LogP contribution in [0.3, 0.4) is 0 Å². The average Bonchev–Trinajstić information content (AvgIpc) is 2.81. The molecule has 3 rings (SSSR count). The van der Waals surface area contributed by atoms with Gasteiger partial charge in [0.15, 0.2) is 6.29 Å². The predicted molar refractivity (Wildman–Crippen MR) is 131 cm³/mol. The van der Waals surface area contributed by atoms with E-state index in [1.807, 2.05) is 13.8 Å². The van der Waals surface area contributed by atoms with Gasteiger partial charge in [-0.05, 0) is 69.5 Å². The molecule has 0 spiro atoms. The van der Waals surface area contributed by atoms with Gasteiger partial charge in [-0.25, -0.2) is 0 Å². The predicted octanol–water partition coefficient (Wildman–Crippen LogP) is 5.55. The summed E-state index contributed by atoms with van der Waals surface area (Å²) in [5.41, 5.74) is 0. The Morgan fingerprint density at radius 2 is 1.00 bits per heavy atom. The number of hydrogen-bond acceptors (Lipinski definition) is 2. The van der Waals surface area contributed by atoms with E-state index in [2.05, 4.69) is 91.0 Å². The molecule has 3 aromatic carbocycles. The zero-order valence-electron chi connectivity index (χ0n) is 18.2. The van der Waals surface area contributed by atoms with Crippen molar-refractivity contribution in [2.45, 2.75) is 39.4 Å². The highest BCUT2D eigenvalue weighted by Crippen LogP contribution is 2.55. The average molecular weight is 422 g/mol. The summed E-state index contributed by atoms with van der Waals surface area (Å²) in [7, 11) is -1.73. The van der Waals surface area contributed by atoms with E-state index in [1.54, 1.807) is 0 Å². The van der Waals surface area contributed by atoms with Crippen molar-refractivity contribution in [2.24, 2.45) is 0 Å². The maximum absolute atomic E-state index is 5.76.